The molecule has 0 aliphatic carbocycles. The maximum absolute atomic E-state index is 14.6. The number of nitrogens with zero attached hydrogens (tertiary/aromatic N) is 3. The molecule has 0 unspecified atom stereocenters. The fraction of sp³-hybridized carbons (Fsp3) is 0.250. The predicted molar refractivity (Wildman–Crippen MR) is 182 cm³/mol. The highest BCUT2D eigenvalue weighted by Crippen LogP contribution is 2.38. The van der Waals surface area contributed by atoms with Gasteiger partial charge in [-0.05, 0) is 68.8 Å². The molecule has 236 valence electrons. The molecule has 3 aromatic carbocycles. The van der Waals surface area contributed by atoms with Gasteiger partial charge in [-0.2, -0.15) is 0 Å². The number of H-pyrrole nitrogens is 1. The van der Waals surface area contributed by atoms with Crippen LogP contribution in [0.4, 0.5) is 0 Å². The number of nitrogens with one attached hydrogen (secondary N) is 1. The van der Waals surface area contributed by atoms with Crippen LogP contribution in [0.1, 0.15) is 37.9 Å². The first kappa shape index (κ1) is 30.9. The molecule has 0 saturated carbocycles. The van der Waals surface area contributed by atoms with Crippen LogP contribution in [0.3, 0.4) is 0 Å². The van der Waals surface area contributed by atoms with E-state index in [1.807, 2.05) is 81.4 Å². The average molecular weight is 637 g/mol. The van der Waals surface area contributed by atoms with E-state index in [2.05, 4.69) is 4.98 Å². The van der Waals surface area contributed by atoms with Gasteiger partial charge in [-0.1, -0.05) is 41.7 Å². The Balaban J connectivity index is 1.65. The fourth-order valence-corrected chi connectivity index (χ4v) is 7.08. The number of carbonyl (C=O) groups is 1. The van der Waals surface area contributed by atoms with Gasteiger partial charge in [-0.3, -0.25) is 14.2 Å². The first-order valence-electron chi connectivity index (χ1n) is 15.1. The maximum Gasteiger partial charge on any atom is 0.271 e. The number of hydrogen-bond acceptors (Lipinski definition) is 7. The lowest BCUT2D eigenvalue weighted by atomic mass is 9.93. The number of methoxy groups -OCH3 is 3. The van der Waals surface area contributed by atoms with Crippen LogP contribution in [0, 0.1) is 0 Å². The second kappa shape index (κ2) is 12.7. The summed E-state index contributed by atoms with van der Waals surface area (Å²) in [5, 5.41) is 0.920. The zero-order chi connectivity index (χ0) is 32.5. The highest BCUT2D eigenvalue weighted by Gasteiger charge is 2.36. The van der Waals surface area contributed by atoms with E-state index in [0.717, 1.165) is 27.7 Å². The van der Waals surface area contributed by atoms with Gasteiger partial charge in [0.25, 0.3) is 11.5 Å². The number of aromatic nitrogens is 2. The Bertz CT molecular complexity index is 2160. The lowest BCUT2D eigenvalue weighted by Gasteiger charge is -2.30. The molecule has 0 spiro atoms. The molecule has 0 bridgehead atoms. The Morgan fingerprint density at radius 1 is 0.978 bits per heavy atom. The molecule has 0 radical (unpaired) electrons. The van der Waals surface area contributed by atoms with Crippen LogP contribution in [0.15, 0.2) is 87.8 Å². The molecule has 1 atom stereocenters. The number of ether oxygens (including phenoxy) is 3. The average Bonchev–Trinajstić information content (AvgIpc) is 3.60. The van der Waals surface area contributed by atoms with Gasteiger partial charge in [0.05, 0.1) is 42.8 Å². The molecule has 46 heavy (non-hydrogen) atoms. The first-order valence-corrected chi connectivity index (χ1v) is 15.9. The Kier molecular flexibility index (Phi) is 8.55. The number of rotatable bonds is 9. The zero-order valence-electron chi connectivity index (χ0n) is 26.7. The van der Waals surface area contributed by atoms with Crippen molar-refractivity contribution in [3.05, 3.63) is 109 Å². The van der Waals surface area contributed by atoms with Crippen molar-refractivity contribution < 1.29 is 19.0 Å². The normalized spacial score (nSPS) is 14.7. The summed E-state index contributed by atoms with van der Waals surface area (Å²) in [5.74, 6) is 1.66. The number of amides is 1. The molecule has 0 fully saturated rings. The van der Waals surface area contributed by atoms with Crippen molar-refractivity contribution in [2.75, 3.05) is 34.4 Å². The molecule has 6 rings (SSSR count). The second-order valence-corrected chi connectivity index (χ2v) is 11.9. The van der Waals surface area contributed by atoms with Crippen LogP contribution in [0.2, 0.25) is 0 Å². The number of aromatic amines is 1. The molecule has 3 heterocycles. The van der Waals surface area contributed by atoms with Gasteiger partial charge in [0.15, 0.2) is 4.80 Å². The zero-order valence-corrected chi connectivity index (χ0v) is 27.5. The van der Waals surface area contributed by atoms with Crippen LogP contribution in [0.5, 0.6) is 17.2 Å². The fourth-order valence-electron chi connectivity index (χ4n) is 6.06. The van der Waals surface area contributed by atoms with Gasteiger partial charge in [-0.15, -0.1) is 0 Å². The van der Waals surface area contributed by atoms with Crippen molar-refractivity contribution in [1.29, 1.82) is 0 Å². The Morgan fingerprint density at radius 3 is 2.35 bits per heavy atom. The standard InChI is InChI=1S/C36H36N4O5S/c1-7-39(8-2)35(42)31-21(3)37-36-40(33(31)27-19-24(44-5)15-17-29(27)45-6)34(41)30(46-36)20-26-25-18-23(43-4)14-16-28(25)38-32(26)22-12-10-9-11-13-22/h9-20,33,38H,7-8H2,1-6H3/b30-20+/t33-/m1/s1. The van der Waals surface area contributed by atoms with Crippen molar-refractivity contribution >= 4 is 34.2 Å². The molecule has 2 aromatic heterocycles. The van der Waals surface area contributed by atoms with E-state index in [4.69, 9.17) is 19.2 Å². The summed E-state index contributed by atoms with van der Waals surface area (Å²) in [7, 11) is 4.80. The third kappa shape index (κ3) is 5.28. The number of fused-ring (bicyclic) bond motifs is 2. The molecule has 1 aliphatic rings. The summed E-state index contributed by atoms with van der Waals surface area (Å²) >= 11 is 1.29. The Hall–Kier alpha value is -5.09. The summed E-state index contributed by atoms with van der Waals surface area (Å²) in [5.41, 5.74) is 5.01. The van der Waals surface area contributed by atoms with Gasteiger partial charge in [-0.25, -0.2) is 4.99 Å². The van der Waals surface area contributed by atoms with Crippen LogP contribution < -0.4 is 29.1 Å². The smallest absolute Gasteiger partial charge is 0.271 e. The van der Waals surface area contributed by atoms with Gasteiger partial charge in [0.1, 0.15) is 23.3 Å². The molecule has 1 amide bonds. The first-order chi connectivity index (χ1) is 22.3. The molecule has 9 nitrogen and oxygen atoms in total. The monoisotopic (exact) mass is 636 g/mol. The number of carbonyl (C=O) groups excluding carboxylic acids is 1. The van der Waals surface area contributed by atoms with Gasteiger partial charge in [0.2, 0.25) is 0 Å². The molecule has 10 heteroatoms. The minimum atomic E-state index is -0.784. The van der Waals surface area contributed by atoms with Crippen LogP contribution in [0.25, 0.3) is 28.2 Å². The van der Waals surface area contributed by atoms with E-state index in [1.165, 1.54) is 11.3 Å². The van der Waals surface area contributed by atoms with Crippen LogP contribution in [-0.4, -0.2) is 54.8 Å². The topological polar surface area (TPSA) is 98.2 Å². The third-order valence-corrected chi connectivity index (χ3v) is 9.40. The minimum Gasteiger partial charge on any atom is -0.497 e. The second-order valence-electron chi connectivity index (χ2n) is 10.9. The lowest BCUT2D eigenvalue weighted by molar-refractivity contribution is -0.127. The molecule has 1 N–H and O–H groups in total. The molecule has 5 aromatic rings. The number of likely N-dealkylation sites (N-methyl/N-ethyl adjacent to an activating group) is 1. The Labute approximate surface area is 270 Å². The van der Waals surface area contributed by atoms with Crippen molar-refractivity contribution in [3.63, 3.8) is 0 Å². The minimum absolute atomic E-state index is 0.175. The van der Waals surface area contributed by atoms with Crippen molar-refractivity contribution in [2.24, 2.45) is 4.99 Å². The van der Waals surface area contributed by atoms with Gasteiger partial charge < -0.3 is 24.1 Å². The number of thiazole rings is 1. The lowest BCUT2D eigenvalue weighted by Crippen LogP contribution is -2.43. The largest absolute Gasteiger partial charge is 0.497 e. The quantitative estimate of drug-likeness (QED) is 0.238. The van der Waals surface area contributed by atoms with Gasteiger partial charge >= 0.3 is 0 Å². The van der Waals surface area contributed by atoms with Crippen molar-refractivity contribution in [3.8, 4) is 28.5 Å². The maximum atomic E-state index is 14.6. The van der Waals surface area contributed by atoms with Crippen molar-refractivity contribution in [1.82, 2.24) is 14.5 Å². The number of benzene rings is 3. The number of allylic oxidation sites excluding steroid dienone is 1. The molecule has 1 aliphatic heterocycles. The molecular formula is C36H36N4O5S. The highest BCUT2D eigenvalue weighted by molar-refractivity contribution is 7.07. The summed E-state index contributed by atoms with van der Waals surface area (Å²) in [6.45, 7) is 6.74. The highest BCUT2D eigenvalue weighted by atomic mass is 32.1. The summed E-state index contributed by atoms with van der Waals surface area (Å²) < 4.78 is 19.0. The van der Waals surface area contributed by atoms with E-state index >= 15 is 0 Å². The summed E-state index contributed by atoms with van der Waals surface area (Å²) in [6, 6.07) is 20.5. The van der Waals surface area contributed by atoms with E-state index in [1.54, 1.807) is 42.9 Å². The molecular weight excluding hydrogens is 600 g/mol. The summed E-state index contributed by atoms with van der Waals surface area (Å²) in [6.07, 6.45) is 1.91. The SMILES string of the molecule is CCN(CC)C(=O)C1=C(C)N=c2s/c(=C/c3c(-c4ccccc4)[nH]c4ccc(OC)cc34)c(=O)n2[C@@H]1c1cc(OC)ccc1OC. The van der Waals surface area contributed by atoms with Crippen LogP contribution in [-0.2, 0) is 4.79 Å². The van der Waals surface area contributed by atoms with E-state index in [-0.39, 0.29) is 11.5 Å². The van der Waals surface area contributed by atoms with E-state index in [9.17, 15) is 9.59 Å². The predicted octanol–water partition coefficient (Wildman–Crippen LogP) is 5.28. The van der Waals surface area contributed by atoms with Crippen LogP contribution >= 0.6 is 11.3 Å². The summed E-state index contributed by atoms with van der Waals surface area (Å²) in [4.78, 5) is 39.3. The number of hydrogen-bond donors (Lipinski definition) is 1. The Morgan fingerprint density at radius 2 is 1.67 bits per heavy atom. The van der Waals surface area contributed by atoms with Crippen molar-refractivity contribution in [2.45, 2.75) is 26.8 Å². The van der Waals surface area contributed by atoms with E-state index < -0.39 is 6.04 Å². The molecule has 0 saturated heterocycles. The van der Waals surface area contributed by atoms with E-state index in [0.29, 0.717) is 56.5 Å². The van der Waals surface area contributed by atoms with Gasteiger partial charge in [0, 0.05) is 35.1 Å². The third-order valence-electron chi connectivity index (χ3n) is 8.42.